The van der Waals surface area contributed by atoms with Gasteiger partial charge in [0.05, 0.1) is 6.54 Å². The lowest BCUT2D eigenvalue weighted by Gasteiger charge is -2.12. The van der Waals surface area contributed by atoms with Crippen LogP contribution in [0.25, 0.3) is 0 Å². The Labute approximate surface area is 176 Å². The fourth-order valence-corrected chi connectivity index (χ4v) is 2.89. The highest BCUT2D eigenvalue weighted by molar-refractivity contribution is 14.0. The topological polar surface area (TPSA) is 65.5 Å². The van der Waals surface area contributed by atoms with Gasteiger partial charge in [-0.25, -0.2) is 0 Å². The van der Waals surface area contributed by atoms with E-state index in [9.17, 15) is 4.79 Å². The zero-order valence-electron chi connectivity index (χ0n) is 14.8. The average Bonchev–Trinajstić information content (AvgIpc) is 2.67. The maximum atomic E-state index is 11.9. The van der Waals surface area contributed by atoms with Crippen molar-refractivity contribution >= 4 is 47.6 Å². The van der Waals surface area contributed by atoms with Crippen LogP contribution in [-0.2, 0) is 11.3 Å². The van der Waals surface area contributed by atoms with Crippen LogP contribution in [0.15, 0.2) is 70.6 Å². The van der Waals surface area contributed by atoms with E-state index in [1.807, 2.05) is 48.5 Å². The van der Waals surface area contributed by atoms with Gasteiger partial charge in [-0.1, -0.05) is 48.5 Å². The van der Waals surface area contributed by atoms with Gasteiger partial charge in [0.15, 0.2) is 5.96 Å². The van der Waals surface area contributed by atoms with Crippen LogP contribution < -0.4 is 16.0 Å². The third kappa shape index (κ3) is 9.10. The van der Waals surface area contributed by atoms with Gasteiger partial charge in [-0.3, -0.25) is 9.79 Å². The molecule has 3 N–H and O–H groups in total. The molecule has 0 aliphatic rings. The van der Waals surface area contributed by atoms with E-state index in [1.54, 1.807) is 18.8 Å². The monoisotopic (exact) mass is 484 g/mol. The molecule has 0 atom stereocenters. The Kier molecular flexibility index (Phi) is 11.5. The van der Waals surface area contributed by atoms with Gasteiger partial charge in [0, 0.05) is 30.8 Å². The summed E-state index contributed by atoms with van der Waals surface area (Å²) >= 11 is 1.78. The van der Waals surface area contributed by atoms with Crippen LogP contribution in [0.5, 0.6) is 0 Å². The van der Waals surface area contributed by atoms with Gasteiger partial charge in [0.1, 0.15) is 0 Å². The molecule has 0 spiro atoms. The lowest BCUT2D eigenvalue weighted by molar-refractivity contribution is -0.120. The van der Waals surface area contributed by atoms with Crippen LogP contribution in [-0.4, -0.2) is 37.8 Å². The summed E-state index contributed by atoms with van der Waals surface area (Å²) in [4.78, 5) is 17.3. The first-order valence-corrected chi connectivity index (χ1v) is 9.19. The molecule has 26 heavy (non-hydrogen) atoms. The Balaban J connectivity index is 0.00000338. The van der Waals surface area contributed by atoms with Gasteiger partial charge in [-0.05, 0) is 17.7 Å². The fourth-order valence-electron chi connectivity index (χ4n) is 2.10. The smallest absolute Gasteiger partial charge is 0.239 e. The molecule has 0 aliphatic carbocycles. The van der Waals surface area contributed by atoms with Crippen LogP contribution in [0.1, 0.15) is 5.56 Å². The summed E-state index contributed by atoms with van der Waals surface area (Å²) < 4.78 is 0. The SMILES string of the molecule is CN=C(NCCSc1ccccc1)NCC(=O)NCc1ccccc1.I. The average molecular weight is 484 g/mol. The molecule has 0 heterocycles. The fraction of sp³-hybridized carbons (Fsp3) is 0.263. The third-order valence-corrected chi connectivity index (χ3v) is 4.39. The van der Waals surface area contributed by atoms with Crippen molar-refractivity contribution < 1.29 is 4.79 Å². The zero-order valence-corrected chi connectivity index (χ0v) is 17.9. The normalized spacial score (nSPS) is 10.6. The van der Waals surface area contributed by atoms with E-state index >= 15 is 0 Å². The highest BCUT2D eigenvalue weighted by Gasteiger charge is 2.03. The Morgan fingerprint density at radius 1 is 0.962 bits per heavy atom. The van der Waals surface area contributed by atoms with E-state index in [0.29, 0.717) is 12.5 Å². The summed E-state index contributed by atoms with van der Waals surface area (Å²) in [7, 11) is 1.70. The summed E-state index contributed by atoms with van der Waals surface area (Å²) in [6, 6.07) is 20.1. The molecule has 0 aromatic heterocycles. The minimum absolute atomic E-state index is 0. The number of rotatable bonds is 8. The molecule has 5 nitrogen and oxygen atoms in total. The van der Waals surface area contributed by atoms with Gasteiger partial charge in [-0.2, -0.15) is 0 Å². The van der Waals surface area contributed by atoms with Crippen molar-refractivity contribution in [1.82, 2.24) is 16.0 Å². The molecule has 2 aromatic rings. The standard InChI is InChI=1S/C19H24N4OS.HI/c1-20-19(21-12-13-25-17-10-6-3-7-11-17)23-15-18(24)22-14-16-8-4-2-5-9-16;/h2-11H,12-15H2,1H3,(H,22,24)(H2,20,21,23);1H. The molecular weight excluding hydrogens is 459 g/mol. The van der Waals surface area contributed by atoms with Crippen LogP contribution in [0.4, 0.5) is 0 Å². The second-order valence-electron chi connectivity index (χ2n) is 5.28. The van der Waals surface area contributed by atoms with Crippen molar-refractivity contribution in [3.05, 3.63) is 66.2 Å². The van der Waals surface area contributed by atoms with Crippen LogP contribution in [0.3, 0.4) is 0 Å². The molecule has 0 saturated carbocycles. The van der Waals surface area contributed by atoms with E-state index in [2.05, 4.69) is 33.1 Å². The number of aliphatic imine (C=N–C) groups is 1. The van der Waals surface area contributed by atoms with Gasteiger partial charge in [0.2, 0.25) is 5.91 Å². The minimum atomic E-state index is -0.0644. The molecule has 0 fully saturated rings. The Morgan fingerprint density at radius 3 is 2.27 bits per heavy atom. The van der Waals surface area contributed by atoms with Crippen molar-refractivity contribution in [3.8, 4) is 0 Å². The van der Waals surface area contributed by atoms with Crippen LogP contribution >= 0.6 is 35.7 Å². The number of hydrogen-bond donors (Lipinski definition) is 3. The minimum Gasteiger partial charge on any atom is -0.356 e. The summed E-state index contributed by atoms with van der Waals surface area (Å²) in [5, 5.41) is 9.11. The molecule has 0 unspecified atom stereocenters. The molecule has 2 aromatic carbocycles. The molecule has 140 valence electrons. The number of thioether (sulfide) groups is 1. The first kappa shape index (κ1) is 22.3. The number of nitrogens with zero attached hydrogens (tertiary/aromatic N) is 1. The van der Waals surface area contributed by atoms with Crippen molar-refractivity contribution in [2.75, 3.05) is 25.9 Å². The first-order chi connectivity index (χ1) is 12.3. The highest BCUT2D eigenvalue weighted by atomic mass is 127. The number of halogens is 1. The maximum Gasteiger partial charge on any atom is 0.239 e. The molecule has 0 bridgehead atoms. The number of amides is 1. The van der Waals surface area contributed by atoms with E-state index in [4.69, 9.17) is 0 Å². The van der Waals surface area contributed by atoms with Gasteiger partial charge in [0.25, 0.3) is 0 Å². The molecule has 1 amide bonds. The molecule has 0 aliphatic heterocycles. The Morgan fingerprint density at radius 2 is 1.62 bits per heavy atom. The second-order valence-corrected chi connectivity index (χ2v) is 6.44. The largest absolute Gasteiger partial charge is 0.356 e. The zero-order chi connectivity index (χ0) is 17.7. The van der Waals surface area contributed by atoms with E-state index in [0.717, 1.165) is 17.9 Å². The van der Waals surface area contributed by atoms with Crippen molar-refractivity contribution in [2.24, 2.45) is 4.99 Å². The molecule has 0 radical (unpaired) electrons. The summed E-state index contributed by atoms with van der Waals surface area (Å²) in [5.74, 6) is 1.49. The molecule has 2 rings (SSSR count). The predicted molar refractivity (Wildman–Crippen MR) is 120 cm³/mol. The van der Waals surface area contributed by atoms with Gasteiger partial charge < -0.3 is 16.0 Å². The number of benzene rings is 2. The number of nitrogens with one attached hydrogen (secondary N) is 3. The maximum absolute atomic E-state index is 11.9. The molecule has 7 heteroatoms. The quantitative estimate of drug-likeness (QED) is 0.177. The first-order valence-electron chi connectivity index (χ1n) is 8.21. The summed E-state index contributed by atoms with van der Waals surface area (Å²) in [6.07, 6.45) is 0. The lowest BCUT2D eigenvalue weighted by Crippen LogP contribution is -2.43. The number of carbonyl (C=O) groups is 1. The molecular formula is C19H25IN4OS. The van der Waals surface area contributed by atoms with Crippen molar-refractivity contribution in [2.45, 2.75) is 11.4 Å². The number of guanidine groups is 1. The van der Waals surface area contributed by atoms with Crippen LogP contribution in [0, 0.1) is 0 Å². The van der Waals surface area contributed by atoms with Gasteiger partial charge >= 0.3 is 0 Å². The Bertz CT molecular complexity index is 668. The third-order valence-electron chi connectivity index (χ3n) is 3.38. The molecule has 0 saturated heterocycles. The van der Waals surface area contributed by atoms with E-state index in [1.165, 1.54) is 4.90 Å². The Hall–Kier alpha value is -1.74. The summed E-state index contributed by atoms with van der Waals surface area (Å²) in [6.45, 7) is 1.49. The lowest BCUT2D eigenvalue weighted by atomic mass is 10.2. The number of hydrogen-bond acceptors (Lipinski definition) is 3. The second kappa shape index (κ2) is 13.5. The summed E-state index contributed by atoms with van der Waals surface area (Å²) in [5.41, 5.74) is 1.08. The van der Waals surface area contributed by atoms with Crippen LogP contribution in [0.2, 0.25) is 0 Å². The van der Waals surface area contributed by atoms with E-state index < -0.39 is 0 Å². The predicted octanol–water partition coefficient (Wildman–Crippen LogP) is 2.88. The highest BCUT2D eigenvalue weighted by Crippen LogP contribution is 2.15. The van der Waals surface area contributed by atoms with Crippen molar-refractivity contribution in [1.29, 1.82) is 0 Å². The van der Waals surface area contributed by atoms with Gasteiger partial charge in [-0.15, -0.1) is 35.7 Å². The van der Waals surface area contributed by atoms with E-state index in [-0.39, 0.29) is 36.4 Å². The number of carbonyl (C=O) groups excluding carboxylic acids is 1. The van der Waals surface area contributed by atoms with Crippen molar-refractivity contribution in [3.63, 3.8) is 0 Å².